The van der Waals surface area contributed by atoms with Crippen molar-refractivity contribution >= 4 is 23.1 Å². The molecule has 0 amide bonds. The molecule has 0 aliphatic rings. The number of fused-ring (bicyclic) bond motifs is 1. The van der Waals surface area contributed by atoms with Crippen LogP contribution in [0.25, 0.3) is 17.1 Å². The Bertz CT molecular complexity index is 633. The van der Waals surface area contributed by atoms with Crippen LogP contribution in [0.4, 0.5) is 0 Å². The zero-order valence-electron chi connectivity index (χ0n) is 11.7. The molecule has 2 aromatic rings. The standard InChI is InChI=1S/C15H18N2O2/c1-15(2,3)19-13(18)6-5-11-9-12-7-8-17(4)14(12)16-10-11/h5-10H,1-4H3/b6-5+. The molecule has 4 heteroatoms. The molecule has 0 radical (unpaired) electrons. The van der Waals surface area contributed by atoms with Gasteiger partial charge in [-0.15, -0.1) is 0 Å². The van der Waals surface area contributed by atoms with E-state index in [1.807, 2.05) is 50.7 Å². The minimum Gasteiger partial charge on any atom is -0.457 e. The quantitative estimate of drug-likeness (QED) is 0.614. The van der Waals surface area contributed by atoms with Gasteiger partial charge in [-0.05, 0) is 44.5 Å². The number of esters is 1. The van der Waals surface area contributed by atoms with Gasteiger partial charge in [-0.3, -0.25) is 0 Å². The predicted molar refractivity (Wildman–Crippen MR) is 75.6 cm³/mol. The van der Waals surface area contributed by atoms with Crippen LogP contribution in [0.2, 0.25) is 0 Å². The summed E-state index contributed by atoms with van der Waals surface area (Å²) in [5.41, 5.74) is 1.34. The lowest BCUT2D eigenvalue weighted by atomic mass is 10.2. The highest BCUT2D eigenvalue weighted by Gasteiger charge is 2.13. The van der Waals surface area contributed by atoms with Crippen LogP contribution in [-0.2, 0) is 16.6 Å². The summed E-state index contributed by atoms with van der Waals surface area (Å²) in [4.78, 5) is 15.9. The van der Waals surface area contributed by atoms with E-state index in [1.54, 1.807) is 12.3 Å². The van der Waals surface area contributed by atoms with Crippen molar-refractivity contribution in [1.29, 1.82) is 0 Å². The van der Waals surface area contributed by atoms with Crippen molar-refractivity contribution in [3.05, 3.63) is 36.2 Å². The van der Waals surface area contributed by atoms with E-state index >= 15 is 0 Å². The number of hydrogen-bond donors (Lipinski definition) is 0. The summed E-state index contributed by atoms with van der Waals surface area (Å²) >= 11 is 0. The van der Waals surface area contributed by atoms with Crippen LogP contribution < -0.4 is 0 Å². The van der Waals surface area contributed by atoms with E-state index in [4.69, 9.17) is 4.74 Å². The first-order chi connectivity index (χ1) is 8.85. The predicted octanol–water partition coefficient (Wildman–Crippen LogP) is 2.93. The summed E-state index contributed by atoms with van der Waals surface area (Å²) in [7, 11) is 1.95. The van der Waals surface area contributed by atoms with Gasteiger partial charge in [0.25, 0.3) is 0 Å². The van der Waals surface area contributed by atoms with Crippen molar-refractivity contribution in [3.63, 3.8) is 0 Å². The molecule has 0 aliphatic heterocycles. The fraction of sp³-hybridized carbons (Fsp3) is 0.333. The summed E-state index contributed by atoms with van der Waals surface area (Å²) in [5, 5.41) is 1.05. The molecule has 0 bridgehead atoms. The Morgan fingerprint density at radius 2 is 2.16 bits per heavy atom. The minimum atomic E-state index is -0.469. The first-order valence-corrected chi connectivity index (χ1v) is 6.17. The molecule has 0 unspecified atom stereocenters. The van der Waals surface area contributed by atoms with Crippen LogP contribution in [0.5, 0.6) is 0 Å². The largest absolute Gasteiger partial charge is 0.457 e. The number of carbonyl (C=O) groups is 1. The fourth-order valence-electron chi connectivity index (χ4n) is 1.76. The van der Waals surface area contributed by atoms with Gasteiger partial charge in [0.15, 0.2) is 0 Å². The number of hydrogen-bond acceptors (Lipinski definition) is 3. The molecule has 2 heterocycles. The number of carbonyl (C=O) groups excluding carboxylic acids is 1. The van der Waals surface area contributed by atoms with Crippen molar-refractivity contribution < 1.29 is 9.53 Å². The van der Waals surface area contributed by atoms with Crippen LogP contribution in [0.1, 0.15) is 26.3 Å². The first kappa shape index (κ1) is 13.3. The number of aryl methyl sites for hydroxylation is 1. The molecule has 19 heavy (non-hydrogen) atoms. The molecule has 2 aromatic heterocycles. The molecule has 100 valence electrons. The number of ether oxygens (including phenoxy) is 1. The molecule has 0 fully saturated rings. The molecular formula is C15H18N2O2. The number of pyridine rings is 1. The van der Waals surface area contributed by atoms with Crippen LogP contribution >= 0.6 is 0 Å². The van der Waals surface area contributed by atoms with Crippen LogP contribution in [0.15, 0.2) is 30.6 Å². The molecule has 0 spiro atoms. The number of aromatic nitrogens is 2. The molecule has 0 aliphatic carbocycles. The van der Waals surface area contributed by atoms with Crippen LogP contribution in [0, 0.1) is 0 Å². The van der Waals surface area contributed by atoms with Crippen molar-refractivity contribution in [2.45, 2.75) is 26.4 Å². The van der Waals surface area contributed by atoms with Crippen molar-refractivity contribution in [2.24, 2.45) is 7.05 Å². The average molecular weight is 258 g/mol. The van der Waals surface area contributed by atoms with Crippen molar-refractivity contribution in [3.8, 4) is 0 Å². The normalized spacial score (nSPS) is 12.2. The van der Waals surface area contributed by atoms with E-state index < -0.39 is 5.60 Å². The van der Waals surface area contributed by atoms with Gasteiger partial charge in [0, 0.05) is 30.9 Å². The van der Waals surface area contributed by atoms with E-state index in [0.717, 1.165) is 16.6 Å². The van der Waals surface area contributed by atoms with E-state index in [9.17, 15) is 4.79 Å². The molecule has 0 saturated heterocycles. The van der Waals surface area contributed by atoms with Gasteiger partial charge in [-0.2, -0.15) is 0 Å². The summed E-state index contributed by atoms with van der Waals surface area (Å²) < 4.78 is 7.16. The third-order valence-electron chi connectivity index (χ3n) is 2.55. The molecule has 0 saturated carbocycles. The lowest BCUT2D eigenvalue weighted by Crippen LogP contribution is -2.22. The molecule has 0 N–H and O–H groups in total. The molecule has 0 aromatic carbocycles. The third-order valence-corrected chi connectivity index (χ3v) is 2.55. The van der Waals surface area contributed by atoms with Gasteiger partial charge in [-0.25, -0.2) is 9.78 Å². The molecule has 2 rings (SSSR count). The van der Waals surface area contributed by atoms with Gasteiger partial charge >= 0.3 is 5.97 Å². The topological polar surface area (TPSA) is 44.1 Å². The zero-order valence-corrected chi connectivity index (χ0v) is 11.7. The van der Waals surface area contributed by atoms with Crippen molar-refractivity contribution in [1.82, 2.24) is 9.55 Å². The smallest absolute Gasteiger partial charge is 0.331 e. The average Bonchev–Trinajstić information content (AvgIpc) is 2.66. The SMILES string of the molecule is Cn1ccc2cc(/C=C/C(=O)OC(C)(C)C)cnc21. The van der Waals surface area contributed by atoms with Gasteiger partial charge in [0.05, 0.1) is 0 Å². The second-order valence-corrected chi connectivity index (χ2v) is 5.47. The molecular weight excluding hydrogens is 240 g/mol. The lowest BCUT2D eigenvalue weighted by Gasteiger charge is -2.17. The second-order valence-electron chi connectivity index (χ2n) is 5.47. The maximum atomic E-state index is 11.6. The Morgan fingerprint density at radius 1 is 1.42 bits per heavy atom. The Kier molecular flexibility index (Phi) is 3.42. The third kappa shape index (κ3) is 3.44. The highest BCUT2D eigenvalue weighted by Crippen LogP contribution is 2.15. The molecule has 4 nitrogen and oxygen atoms in total. The monoisotopic (exact) mass is 258 g/mol. The van der Waals surface area contributed by atoms with Crippen LogP contribution in [-0.4, -0.2) is 21.1 Å². The van der Waals surface area contributed by atoms with E-state index in [-0.39, 0.29) is 5.97 Å². The maximum Gasteiger partial charge on any atom is 0.331 e. The Hall–Kier alpha value is -2.10. The van der Waals surface area contributed by atoms with Gasteiger partial charge in [-0.1, -0.05) is 0 Å². The lowest BCUT2D eigenvalue weighted by molar-refractivity contribution is -0.148. The Morgan fingerprint density at radius 3 is 2.84 bits per heavy atom. The summed E-state index contributed by atoms with van der Waals surface area (Å²) in [6.07, 6.45) is 6.84. The van der Waals surface area contributed by atoms with Gasteiger partial charge < -0.3 is 9.30 Å². The van der Waals surface area contributed by atoms with Gasteiger partial charge in [0.2, 0.25) is 0 Å². The fourth-order valence-corrected chi connectivity index (χ4v) is 1.76. The zero-order chi connectivity index (χ0) is 14.0. The van der Waals surface area contributed by atoms with E-state index in [0.29, 0.717) is 0 Å². The maximum absolute atomic E-state index is 11.6. The number of nitrogens with zero attached hydrogens (tertiary/aromatic N) is 2. The van der Waals surface area contributed by atoms with E-state index in [1.165, 1.54) is 6.08 Å². The number of rotatable bonds is 2. The van der Waals surface area contributed by atoms with Crippen LogP contribution in [0.3, 0.4) is 0 Å². The first-order valence-electron chi connectivity index (χ1n) is 6.17. The summed E-state index contributed by atoms with van der Waals surface area (Å²) in [5.74, 6) is -0.347. The van der Waals surface area contributed by atoms with Gasteiger partial charge in [0.1, 0.15) is 11.2 Å². The highest BCUT2D eigenvalue weighted by atomic mass is 16.6. The summed E-state index contributed by atoms with van der Waals surface area (Å²) in [6.45, 7) is 5.53. The van der Waals surface area contributed by atoms with Crippen molar-refractivity contribution in [2.75, 3.05) is 0 Å². The second kappa shape index (κ2) is 4.88. The Balaban J connectivity index is 2.15. The van der Waals surface area contributed by atoms with E-state index in [2.05, 4.69) is 4.98 Å². The molecule has 0 atom stereocenters. The Labute approximate surface area is 112 Å². The highest BCUT2D eigenvalue weighted by molar-refractivity contribution is 5.88. The minimum absolute atomic E-state index is 0.347. The summed E-state index contributed by atoms with van der Waals surface area (Å²) in [6, 6.07) is 3.98.